The third-order valence-corrected chi connectivity index (χ3v) is 0. The molecule has 0 unspecified atom stereocenters. The number of hydrogen-bond acceptors (Lipinski definition) is 5. The molecule has 0 atom stereocenters. The van der Waals surface area contributed by atoms with Crippen molar-refractivity contribution in [2.24, 2.45) is 0 Å². The monoisotopic (exact) mass is 241 g/mol. The van der Waals surface area contributed by atoms with E-state index in [2.05, 4.69) is 0 Å². The van der Waals surface area contributed by atoms with Crippen molar-refractivity contribution in [3.63, 3.8) is 0 Å². The van der Waals surface area contributed by atoms with Crippen LogP contribution in [0, 0.1) is 0 Å². The molecule has 67 valence electrons. The predicted molar refractivity (Wildman–Crippen MR) is 23.9 cm³/mol. The summed E-state index contributed by atoms with van der Waals surface area (Å²) in [5.41, 5.74) is 0. The summed E-state index contributed by atoms with van der Waals surface area (Å²) in [6, 6.07) is 0. The van der Waals surface area contributed by atoms with Crippen molar-refractivity contribution in [1.29, 1.82) is 0 Å². The Morgan fingerprint density at radius 1 is 1.20 bits per heavy atom. The predicted octanol–water partition coefficient (Wildman–Crippen LogP) is -1.66. The summed E-state index contributed by atoms with van der Waals surface area (Å²) >= 11 is -3.11. The van der Waals surface area contributed by atoms with E-state index in [-0.39, 0.29) is 17.1 Å². The van der Waals surface area contributed by atoms with E-state index in [9.17, 15) is 0 Å². The molecular weight excluding hydrogens is 240 g/mol. The Morgan fingerprint density at radius 2 is 1.20 bits per heavy atom. The van der Waals surface area contributed by atoms with Crippen LogP contribution in [0.5, 0.6) is 0 Å². The van der Waals surface area contributed by atoms with Crippen LogP contribution in [0.25, 0.3) is 0 Å². The minimum absolute atomic E-state index is 0. The molecule has 0 rings (SSSR count). The van der Waals surface area contributed by atoms with Gasteiger partial charge in [-0.05, 0) is 0 Å². The first-order valence-corrected chi connectivity index (χ1v) is 3.60. The fraction of sp³-hybridized carbons (Fsp3) is 0. The summed E-state index contributed by atoms with van der Waals surface area (Å²) in [6.45, 7) is 0. The van der Waals surface area contributed by atoms with E-state index in [1.807, 2.05) is 0 Å². The van der Waals surface area contributed by atoms with Crippen molar-refractivity contribution in [3.8, 4) is 0 Å². The molecule has 0 aromatic rings. The van der Waals surface area contributed by atoms with Crippen LogP contribution in [0.2, 0.25) is 0 Å². The van der Waals surface area contributed by atoms with Crippen LogP contribution in [0.4, 0.5) is 0 Å². The molecule has 7 nitrogen and oxygen atoms in total. The molecule has 10 heavy (non-hydrogen) atoms. The van der Waals surface area contributed by atoms with Crippen LogP contribution >= 0.6 is 0 Å². The van der Waals surface area contributed by atoms with E-state index in [4.69, 9.17) is 30.8 Å². The summed E-state index contributed by atoms with van der Waals surface area (Å²) in [5.74, 6) is 0. The first-order chi connectivity index (χ1) is 3.73. The zero-order valence-corrected chi connectivity index (χ0v) is 6.63. The zero-order valence-electron chi connectivity index (χ0n) is 4.05. The number of hydrogen-bond donors (Lipinski definition) is 2. The van der Waals surface area contributed by atoms with E-state index in [0.717, 1.165) is 0 Å². The maximum atomic E-state index is 8.74. The molecule has 0 fully saturated rings. The van der Waals surface area contributed by atoms with Gasteiger partial charge in [-0.3, -0.25) is 13.3 Å². The molecule has 2 N–H and O–H groups in total. The maximum Gasteiger partial charge on any atom is 2.00 e. The van der Waals surface area contributed by atoms with Crippen LogP contribution < -0.4 is 0 Å². The van der Waals surface area contributed by atoms with Gasteiger partial charge >= 0.3 is 27.5 Å². The average Bonchev–Trinajstić information content (AvgIpc) is 1.19. The van der Waals surface area contributed by atoms with Crippen LogP contribution in [0.3, 0.4) is 0 Å². The smallest absolute Gasteiger partial charge is 0.784 e. The first kappa shape index (κ1) is 16.8. The third-order valence-electron chi connectivity index (χ3n) is 0. The van der Waals surface area contributed by atoms with E-state index in [1.54, 1.807) is 0 Å². The van der Waals surface area contributed by atoms with Gasteiger partial charge in [0.1, 0.15) is 0 Å². The van der Waals surface area contributed by atoms with Gasteiger partial charge in [-0.15, -0.1) is 11.4 Å². The van der Waals surface area contributed by atoms with Gasteiger partial charge in [0, 0.05) is 0 Å². The Balaban J connectivity index is -0.0000000910. The first-order valence-electron chi connectivity index (χ1n) is 1.20. The molecule has 0 heterocycles. The van der Waals surface area contributed by atoms with Gasteiger partial charge in [0.15, 0.2) is 0 Å². The van der Waals surface area contributed by atoms with Crippen LogP contribution in [0.1, 0.15) is 0 Å². The second-order valence-corrected chi connectivity index (χ2v) is 1.96. The van der Waals surface area contributed by atoms with Gasteiger partial charge in [-0.2, -0.15) is 8.42 Å². The van der Waals surface area contributed by atoms with Crippen LogP contribution in [0.15, 0.2) is 0 Å². The Morgan fingerprint density at radius 3 is 1.20 bits per heavy atom. The summed E-state index contributed by atoms with van der Waals surface area (Å²) < 4.78 is 56.9. The molecule has 0 bridgehead atoms. The van der Waals surface area contributed by atoms with Crippen LogP contribution in [-0.2, 0) is 38.8 Å². The van der Waals surface area contributed by atoms with E-state index >= 15 is 0 Å². The second-order valence-electron chi connectivity index (χ2n) is 0.652. The molecule has 0 amide bonds. The third kappa shape index (κ3) is 2230. The van der Waals surface area contributed by atoms with Crippen molar-refractivity contribution < 1.29 is 47.9 Å². The normalized spacial score (nSPS) is 9.30. The van der Waals surface area contributed by atoms with Gasteiger partial charge in [-0.25, -0.2) is 0 Å². The Labute approximate surface area is 70.0 Å². The van der Waals surface area contributed by atoms with Crippen molar-refractivity contribution in [2.45, 2.75) is 0 Å². The second kappa shape index (κ2) is 7.57. The molecule has 0 aliphatic rings. The molecule has 0 aliphatic carbocycles. The quantitative estimate of drug-likeness (QED) is 0.294. The van der Waals surface area contributed by atoms with Gasteiger partial charge in [0.2, 0.25) is 0 Å². The van der Waals surface area contributed by atoms with E-state index in [1.165, 1.54) is 0 Å². The Kier molecular flexibility index (Phi) is 12.7. The molecule has 0 aromatic heterocycles. The van der Waals surface area contributed by atoms with E-state index in [0.29, 0.717) is 0 Å². The summed E-state index contributed by atoms with van der Waals surface area (Å²) in [6.07, 6.45) is 0. The summed E-state index contributed by atoms with van der Waals surface area (Å²) in [5, 5.41) is 0. The molecule has 0 spiro atoms. The minimum atomic E-state index is -4.67. The van der Waals surface area contributed by atoms with Gasteiger partial charge < -0.3 is 9.11 Å². The van der Waals surface area contributed by atoms with Crippen molar-refractivity contribution in [3.05, 3.63) is 0 Å². The minimum Gasteiger partial charge on any atom is -0.784 e. The summed E-state index contributed by atoms with van der Waals surface area (Å²) in [7, 11) is -4.67. The molecule has 0 aliphatic heterocycles. The van der Waals surface area contributed by atoms with Gasteiger partial charge in [0.05, 0.1) is 0 Å². The fourth-order valence-electron chi connectivity index (χ4n) is 0. The number of rotatable bonds is 0. The summed E-state index contributed by atoms with van der Waals surface area (Å²) in [4.78, 5) is 0. The standard InChI is InChI=1S/Cu.H2O4S.H2O3S/c;1-5(2,3)4;1-4(2)3/h;(H2,1,2,3,4);(H2,1,2,3)/q+2;;/p-2. The van der Waals surface area contributed by atoms with E-state index < -0.39 is 21.8 Å². The fourth-order valence-corrected chi connectivity index (χ4v) is 0. The van der Waals surface area contributed by atoms with Crippen molar-refractivity contribution in [2.75, 3.05) is 0 Å². The largest absolute Gasteiger partial charge is 2.00 e. The molecule has 0 aromatic carbocycles. The maximum absolute atomic E-state index is 8.74. The Hall–Kier alpha value is 0.459. The molecule has 10 heteroatoms. The van der Waals surface area contributed by atoms with Crippen molar-refractivity contribution in [1.82, 2.24) is 0 Å². The molecule has 0 saturated carbocycles. The van der Waals surface area contributed by atoms with Gasteiger partial charge in [-0.1, -0.05) is 0 Å². The van der Waals surface area contributed by atoms with Crippen molar-refractivity contribution >= 4 is 21.8 Å². The zero-order chi connectivity index (χ0) is 8.08. The molecular formula is H2CuO7S2. The SMILES string of the molecule is O=S(=O)(O)O.O=S([O-])[O-].[Cu+2]. The average molecular weight is 242 g/mol. The van der Waals surface area contributed by atoms with Crippen LogP contribution in [-0.4, -0.2) is 30.8 Å². The Bertz CT molecular complexity index is 154. The molecule has 1 radical (unpaired) electrons. The van der Waals surface area contributed by atoms with Gasteiger partial charge in [0.25, 0.3) is 0 Å². The topological polar surface area (TPSA) is 138 Å². The molecule has 0 saturated heterocycles.